The predicted molar refractivity (Wildman–Crippen MR) is 83.5 cm³/mol. The molecule has 6 nitrogen and oxygen atoms in total. The third-order valence-electron chi connectivity index (χ3n) is 4.53. The molecule has 2 aliphatic rings. The van der Waals surface area contributed by atoms with E-state index < -0.39 is 5.91 Å². The molecule has 2 fully saturated rings. The highest BCUT2D eigenvalue weighted by Gasteiger charge is 2.24. The van der Waals surface area contributed by atoms with Crippen LogP contribution in [0.25, 0.3) is 0 Å². The average Bonchev–Trinajstić information content (AvgIpc) is 3.28. The number of amides is 1. The van der Waals surface area contributed by atoms with Gasteiger partial charge in [0.15, 0.2) is 0 Å². The Morgan fingerprint density at radius 2 is 2.09 bits per heavy atom. The molecule has 2 aliphatic carbocycles. The molecule has 2 saturated carbocycles. The van der Waals surface area contributed by atoms with Crippen molar-refractivity contribution in [2.75, 3.05) is 5.32 Å². The summed E-state index contributed by atoms with van der Waals surface area (Å²) in [7, 11) is 0. The fourth-order valence-corrected chi connectivity index (χ4v) is 3.15. The molecular formula is C16H24N4O2. The minimum atomic E-state index is -0.484. The Bertz CT molecular complexity index is 545. The summed E-state index contributed by atoms with van der Waals surface area (Å²) >= 11 is 0. The number of aliphatic hydroxyl groups excluding tert-OH is 1. The van der Waals surface area contributed by atoms with E-state index in [1.165, 1.54) is 6.20 Å². The lowest BCUT2D eigenvalue weighted by Gasteiger charge is -2.17. The van der Waals surface area contributed by atoms with Gasteiger partial charge in [0.1, 0.15) is 0 Å². The van der Waals surface area contributed by atoms with Crippen molar-refractivity contribution in [3.8, 4) is 0 Å². The van der Waals surface area contributed by atoms with E-state index in [1.54, 1.807) is 0 Å². The van der Waals surface area contributed by atoms with Crippen molar-refractivity contribution < 1.29 is 9.90 Å². The number of aliphatic hydroxyl groups is 1. The highest BCUT2D eigenvalue weighted by Crippen LogP contribution is 2.28. The second-order valence-corrected chi connectivity index (χ2v) is 6.58. The number of rotatable bonds is 5. The highest BCUT2D eigenvalue weighted by atomic mass is 16.3. The SMILES string of the molecule is NC(=O)c1cnc(NC2CC2)nc1C[C@@H]1CCCC[C@H](O)C1. The van der Waals surface area contributed by atoms with Crippen LogP contribution in [0, 0.1) is 5.92 Å². The first kappa shape index (κ1) is 15.2. The van der Waals surface area contributed by atoms with E-state index in [9.17, 15) is 9.90 Å². The zero-order valence-corrected chi connectivity index (χ0v) is 12.8. The Balaban J connectivity index is 1.77. The maximum absolute atomic E-state index is 11.6. The topological polar surface area (TPSA) is 101 Å². The number of nitrogens with one attached hydrogen (secondary N) is 1. The quantitative estimate of drug-likeness (QED) is 0.718. The maximum atomic E-state index is 11.6. The van der Waals surface area contributed by atoms with Crippen LogP contribution in [0.4, 0.5) is 5.95 Å². The first-order valence-corrected chi connectivity index (χ1v) is 8.22. The lowest BCUT2D eigenvalue weighted by Crippen LogP contribution is -2.20. The van der Waals surface area contributed by atoms with E-state index >= 15 is 0 Å². The molecule has 0 unspecified atom stereocenters. The molecule has 22 heavy (non-hydrogen) atoms. The minimum Gasteiger partial charge on any atom is -0.393 e. The molecule has 0 aliphatic heterocycles. The molecule has 0 radical (unpaired) electrons. The summed E-state index contributed by atoms with van der Waals surface area (Å²) in [6, 6.07) is 0.465. The zero-order chi connectivity index (χ0) is 15.5. The molecule has 1 amide bonds. The van der Waals surface area contributed by atoms with Crippen LogP contribution in [0.1, 0.15) is 61.0 Å². The van der Waals surface area contributed by atoms with Gasteiger partial charge in [0, 0.05) is 12.2 Å². The van der Waals surface area contributed by atoms with E-state index in [4.69, 9.17) is 5.73 Å². The van der Waals surface area contributed by atoms with Gasteiger partial charge in [-0.3, -0.25) is 4.79 Å². The predicted octanol–water partition coefficient (Wildman–Crippen LogP) is 1.63. The summed E-state index contributed by atoms with van der Waals surface area (Å²) in [5.74, 6) is 0.443. The number of nitrogens with two attached hydrogens (primary N) is 1. The molecule has 1 heterocycles. The molecule has 2 atom stereocenters. The van der Waals surface area contributed by atoms with Crippen molar-refractivity contribution in [2.45, 2.75) is 63.5 Å². The Morgan fingerprint density at radius 1 is 1.32 bits per heavy atom. The first-order chi connectivity index (χ1) is 10.6. The Hall–Kier alpha value is -1.69. The van der Waals surface area contributed by atoms with Gasteiger partial charge in [-0.1, -0.05) is 12.8 Å². The average molecular weight is 304 g/mol. The van der Waals surface area contributed by atoms with Gasteiger partial charge in [0.25, 0.3) is 5.91 Å². The van der Waals surface area contributed by atoms with Gasteiger partial charge in [0.2, 0.25) is 5.95 Å². The van der Waals surface area contributed by atoms with Crippen molar-refractivity contribution in [1.29, 1.82) is 0 Å². The maximum Gasteiger partial charge on any atom is 0.252 e. The largest absolute Gasteiger partial charge is 0.393 e. The molecule has 120 valence electrons. The molecule has 0 bridgehead atoms. The van der Waals surface area contributed by atoms with Gasteiger partial charge < -0.3 is 16.2 Å². The number of nitrogens with zero attached hydrogens (tertiary/aromatic N) is 2. The molecule has 6 heteroatoms. The molecule has 4 N–H and O–H groups in total. The first-order valence-electron chi connectivity index (χ1n) is 8.22. The van der Waals surface area contributed by atoms with Gasteiger partial charge in [-0.05, 0) is 44.4 Å². The normalized spacial score (nSPS) is 25.5. The molecule has 1 aromatic rings. The molecule has 3 rings (SSSR count). The second-order valence-electron chi connectivity index (χ2n) is 6.58. The Kier molecular flexibility index (Phi) is 4.57. The van der Waals surface area contributed by atoms with Crippen LogP contribution in [-0.4, -0.2) is 33.1 Å². The standard InChI is InChI=1S/C16H24N4O2/c17-15(22)13-9-18-16(19-11-5-6-11)20-14(13)8-10-3-1-2-4-12(21)7-10/h9-12,21H,1-8H2,(H2,17,22)(H,18,19,20)/t10-,12+/m1/s1. The highest BCUT2D eigenvalue weighted by molar-refractivity contribution is 5.93. The summed E-state index contributed by atoms with van der Waals surface area (Å²) < 4.78 is 0. The van der Waals surface area contributed by atoms with Crippen molar-refractivity contribution in [3.05, 3.63) is 17.5 Å². The summed E-state index contributed by atoms with van der Waals surface area (Å²) in [6.45, 7) is 0. The van der Waals surface area contributed by atoms with Gasteiger partial charge in [-0.15, -0.1) is 0 Å². The summed E-state index contributed by atoms with van der Waals surface area (Å²) in [4.78, 5) is 20.3. The fourth-order valence-electron chi connectivity index (χ4n) is 3.15. The van der Waals surface area contributed by atoms with E-state index in [0.717, 1.165) is 44.9 Å². The van der Waals surface area contributed by atoms with Crippen molar-refractivity contribution in [1.82, 2.24) is 9.97 Å². The second kappa shape index (κ2) is 6.60. The number of aromatic nitrogens is 2. The summed E-state index contributed by atoms with van der Waals surface area (Å²) in [6.07, 6.45) is 9.14. The van der Waals surface area contributed by atoms with Crippen LogP contribution in [0.3, 0.4) is 0 Å². The third kappa shape index (κ3) is 3.94. The van der Waals surface area contributed by atoms with Gasteiger partial charge in [0.05, 0.1) is 17.4 Å². The minimum absolute atomic E-state index is 0.240. The summed E-state index contributed by atoms with van der Waals surface area (Å²) in [5.41, 5.74) is 6.57. The molecular weight excluding hydrogens is 280 g/mol. The van der Waals surface area contributed by atoms with E-state index in [1.807, 2.05) is 0 Å². The van der Waals surface area contributed by atoms with Gasteiger partial charge in [-0.2, -0.15) is 0 Å². The number of carbonyl (C=O) groups excluding carboxylic acids is 1. The van der Waals surface area contributed by atoms with Crippen LogP contribution >= 0.6 is 0 Å². The number of carbonyl (C=O) groups is 1. The number of anilines is 1. The van der Waals surface area contributed by atoms with Gasteiger partial charge >= 0.3 is 0 Å². The molecule has 0 saturated heterocycles. The summed E-state index contributed by atoms with van der Waals surface area (Å²) in [5, 5.41) is 13.2. The van der Waals surface area contributed by atoms with Crippen LogP contribution in [-0.2, 0) is 6.42 Å². The van der Waals surface area contributed by atoms with Crippen LogP contribution in [0.2, 0.25) is 0 Å². The Morgan fingerprint density at radius 3 is 2.82 bits per heavy atom. The third-order valence-corrected chi connectivity index (χ3v) is 4.53. The monoisotopic (exact) mass is 304 g/mol. The van der Waals surface area contributed by atoms with Gasteiger partial charge in [-0.25, -0.2) is 9.97 Å². The van der Waals surface area contributed by atoms with Crippen LogP contribution in [0.15, 0.2) is 6.20 Å². The van der Waals surface area contributed by atoms with Crippen LogP contribution < -0.4 is 11.1 Å². The van der Waals surface area contributed by atoms with E-state index in [-0.39, 0.29) is 6.10 Å². The van der Waals surface area contributed by atoms with Crippen LogP contribution in [0.5, 0.6) is 0 Å². The fraction of sp³-hybridized carbons (Fsp3) is 0.688. The zero-order valence-electron chi connectivity index (χ0n) is 12.8. The van der Waals surface area contributed by atoms with Crippen molar-refractivity contribution in [2.24, 2.45) is 11.7 Å². The number of hydrogen-bond donors (Lipinski definition) is 3. The van der Waals surface area contributed by atoms with Crippen molar-refractivity contribution >= 4 is 11.9 Å². The smallest absolute Gasteiger partial charge is 0.252 e. The Labute approximate surface area is 130 Å². The number of primary amides is 1. The molecule has 0 aromatic carbocycles. The van der Waals surface area contributed by atoms with E-state index in [2.05, 4.69) is 15.3 Å². The van der Waals surface area contributed by atoms with Crippen molar-refractivity contribution in [3.63, 3.8) is 0 Å². The van der Waals surface area contributed by atoms with E-state index in [0.29, 0.717) is 35.6 Å². The molecule has 0 spiro atoms. The lowest BCUT2D eigenvalue weighted by molar-refractivity contribution is 0.0998. The lowest BCUT2D eigenvalue weighted by atomic mass is 9.92. The molecule has 1 aromatic heterocycles. The number of hydrogen-bond acceptors (Lipinski definition) is 5.